The van der Waals surface area contributed by atoms with Crippen LogP contribution in [0.4, 0.5) is 4.79 Å². The first-order chi connectivity index (χ1) is 15.1. The number of carbonyl (C=O) groups excluding carboxylic acids is 3. The van der Waals surface area contributed by atoms with Gasteiger partial charge in [-0.3, -0.25) is 14.5 Å². The topological polar surface area (TPSA) is 87.7 Å². The summed E-state index contributed by atoms with van der Waals surface area (Å²) in [6, 6.07) is 7.18. The predicted molar refractivity (Wildman–Crippen MR) is 130 cm³/mol. The van der Waals surface area contributed by atoms with E-state index in [9.17, 15) is 14.4 Å². The summed E-state index contributed by atoms with van der Waals surface area (Å²) in [5, 5.41) is 5.32. The average molecular weight is 460 g/mol. The number of ether oxygens (including phenoxy) is 1. The molecule has 0 aliphatic rings. The molecule has 8 heteroatoms. The van der Waals surface area contributed by atoms with E-state index < -0.39 is 35.6 Å². The molecule has 0 aliphatic heterocycles. The summed E-state index contributed by atoms with van der Waals surface area (Å²) < 4.78 is 5.23. The highest BCUT2D eigenvalue weighted by Gasteiger charge is 2.35. The molecule has 32 heavy (non-hydrogen) atoms. The Kier molecular flexibility index (Phi) is 10.9. The fourth-order valence-corrected chi connectivity index (χ4v) is 3.07. The van der Waals surface area contributed by atoms with E-state index >= 15 is 0 Å². The van der Waals surface area contributed by atoms with Gasteiger partial charge >= 0.3 is 6.09 Å². The highest BCUT2D eigenvalue weighted by molar-refractivity contribution is 7.80. The van der Waals surface area contributed by atoms with Crippen molar-refractivity contribution in [3.8, 4) is 12.5 Å². The van der Waals surface area contributed by atoms with E-state index in [2.05, 4.69) is 35.9 Å². The van der Waals surface area contributed by atoms with Gasteiger partial charge < -0.3 is 15.4 Å². The van der Waals surface area contributed by atoms with E-state index in [1.807, 2.05) is 13.0 Å². The summed E-state index contributed by atoms with van der Waals surface area (Å²) in [6.45, 7) is 11.3. The minimum atomic E-state index is -1.09. The number of carbonyl (C=O) groups is 3. The third-order valence-electron chi connectivity index (χ3n) is 4.35. The molecule has 174 valence electrons. The number of amides is 3. The van der Waals surface area contributed by atoms with Crippen molar-refractivity contribution in [1.29, 1.82) is 0 Å². The minimum Gasteiger partial charge on any atom is -0.444 e. The van der Waals surface area contributed by atoms with Gasteiger partial charge in [0.25, 0.3) is 5.91 Å². The number of hydrogen-bond acceptors (Lipinski definition) is 5. The second kappa shape index (κ2) is 12.8. The van der Waals surface area contributed by atoms with Crippen molar-refractivity contribution >= 4 is 36.6 Å². The van der Waals surface area contributed by atoms with E-state index in [-0.39, 0.29) is 5.75 Å². The van der Waals surface area contributed by atoms with Crippen LogP contribution in [0.25, 0.3) is 6.08 Å². The Hall–Kier alpha value is -2.92. The summed E-state index contributed by atoms with van der Waals surface area (Å²) in [4.78, 5) is 39.5. The number of rotatable bonds is 10. The Morgan fingerprint density at radius 3 is 2.56 bits per heavy atom. The lowest BCUT2D eigenvalue weighted by atomic mass is 10.0. The van der Waals surface area contributed by atoms with Gasteiger partial charge in [0.2, 0.25) is 5.91 Å². The number of unbranched alkanes of at least 4 members (excludes halogenated alkanes) is 1. The van der Waals surface area contributed by atoms with Gasteiger partial charge in [-0.1, -0.05) is 50.6 Å². The molecule has 2 unspecified atom stereocenters. The second-order valence-corrected chi connectivity index (χ2v) is 8.51. The number of nitrogens with one attached hydrogen (secondary N) is 2. The molecule has 0 aromatic heterocycles. The number of benzene rings is 1. The summed E-state index contributed by atoms with van der Waals surface area (Å²) in [5.41, 5.74) is 0.557. The van der Waals surface area contributed by atoms with Crippen LogP contribution >= 0.6 is 12.6 Å². The van der Waals surface area contributed by atoms with Crippen LogP contribution in [0.1, 0.15) is 57.7 Å². The van der Waals surface area contributed by atoms with Gasteiger partial charge in [-0.05, 0) is 44.4 Å². The maximum Gasteiger partial charge on any atom is 0.408 e. The molecule has 1 rings (SSSR count). The zero-order valence-electron chi connectivity index (χ0n) is 19.2. The van der Waals surface area contributed by atoms with Crippen LogP contribution in [-0.2, 0) is 14.3 Å². The molecule has 0 fully saturated rings. The summed E-state index contributed by atoms with van der Waals surface area (Å²) >= 11 is 4.18. The van der Waals surface area contributed by atoms with Crippen LogP contribution in [0, 0.1) is 12.5 Å². The van der Waals surface area contributed by atoms with Crippen LogP contribution in [0.2, 0.25) is 0 Å². The van der Waals surface area contributed by atoms with Gasteiger partial charge in [0, 0.05) is 18.3 Å². The van der Waals surface area contributed by atoms with E-state index in [1.54, 1.807) is 45.0 Å². The SMILES string of the molecule is C#CN(C(=O)C(CS)NC(=O)OC(C)(C)C)C(C(=O)NCCCC)c1cccc(C=C)c1. The van der Waals surface area contributed by atoms with Crippen LogP contribution < -0.4 is 10.6 Å². The maximum absolute atomic E-state index is 13.3. The Bertz CT molecular complexity index is 858. The van der Waals surface area contributed by atoms with Gasteiger partial charge in [-0.25, -0.2) is 4.79 Å². The Labute approximate surface area is 196 Å². The quantitative estimate of drug-likeness (QED) is 0.216. The molecule has 2 atom stereocenters. The monoisotopic (exact) mass is 459 g/mol. The molecule has 0 saturated heterocycles. The average Bonchev–Trinajstić information content (AvgIpc) is 2.74. The number of hydrogen-bond donors (Lipinski definition) is 3. The Morgan fingerprint density at radius 2 is 2.03 bits per heavy atom. The first kappa shape index (κ1) is 27.1. The molecule has 0 saturated carbocycles. The molecule has 2 N–H and O–H groups in total. The Morgan fingerprint density at radius 1 is 1.34 bits per heavy atom. The molecule has 1 aromatic rings. The molecule has 0 aliphatic carbocycles. The molecule has 1 aromatic carbocycles. The van der Waals surface area contributed by atoms with E-state index in [0.717, 1.165) is 23.3 Å². The van der Waals surface area contributed by atoms with Crippen molar-refractivity contribution in [2.45, 2.75) is 58.2 Å². The van der Waals surface area contributed by atoms with Gasteiger partial charge in [-0.2, -0.15) is 12.6 Å². The molecule has 0 bridgehead atoms. The fourth-order valence-electron chi connectivity index (χ4n) is 2.83. The molecule has 0 spiro atoms. The standard InChI is InChI=1S/C24H33N3O4S/c1-7-10-14-25-21(28)20(18-13-11-12-17(8-2)15-18)27(9-3)22(29)19(16-32)26-23(30)31-24(4,5)6/h3,8,11-13,15,19-20,32H,2,7,10,14,16H2,1,4-6H3,(H,25,28)(H,26,30). The molecule has 3 amide bonds. The van der Waals surface area contributed by atoms with Crippen molar-refractivity contribution < 1.29 is 19.1 Å². The van der Waals surface area contributed by atoms with Gasteiger partial charge in [0.15, 0.2) is 0 Å². The van der Waals surface area contributed by atoms with Crippen LogP contribution in [0.5, 0.6) is 0 Å². The molecular weight excluding hydrogens is 426 g/mol. The first-order valence-corrected chi connectivity index (χ1v) is 11.1. The lowest BCUT2D eigenvalue weighted by Gasteiger charge is -2.30. The van der Waals surface area contributed by atoms with Crippen molar-refractivity contribution in [1.82, 2.24) is 15.5 Å². The van der Waals surface area contributed by atoms with Gasteiger partial charge in [0.05, 0.1) is 0 Å². The Balaban J connectivity index is 3.26. The van der Waals surface area contributed by atoms with Crippen LogP contribution in [-0.4, -0.2) is 46.7 Å². The smallest absolute Gasteiger partial charge is 0.408 e. The highest BCUT2D eigenvalue weighted by atomic mass is 32.1. The molecule has 7 nitrogen and oxygen atoms in total. The zero-order valence-corrected chi connectivity index (χ0v) is 20.1. The van der Waals surface area contributed by atoms with Crippen LogP contribution in [0.3, 0.4) is 0 Å². The van der Waals surface area contributed by atoms with E-state index in [4.69, 9.17) is 11.2 Å². The fraction of sp³-hybridized carbons (Fsp3) is 0.458. The van der Waals surface area contributed by atoms with E-state index in [1.165, 1.54) is 0 Å². The summed E-state index contributed by atoms with van der Waals surface area (Å²) in [7, 11) is 0. The largest absolute Gasteiger partial charge is 0.444 e. The van der Waals surface area contributed by atoms with Crippen LogP contribution in [0.15, 0.2) is 30.8 Å². The third kappa shape index (κ3) is 8.31. The normalized spacial score (nSPS) is 12.6. The highest BCUT2D eigenvalue weighted by Crippen LogP contribution is 2.23. The molecular formula is C24H33N3O4S. The lowest BCUT2D eigenvalue weighted by molar-refractivity contribution is -0.138. The summed E-state index contributed by atoms with van der Waals surface area (Å²) in [5.74, 6) is -1.10. The summed E-state index contributed by atoms with van der Waals surface area (Å²) in [6.07, 6.45) is 8.23. The van der Waals surface area contributed by atoms with E-state index in [0.29, 0.717) is 12.1 Å². The minimum absolute atomic E-state index is 0.0346. The molecule has 0 heterocycles. The van der Waals surface area contributed by atoms with Gasteiger partial charge in [-0.15, -0.1) is 0 Å². The lowest BCUT2D eigenvalue weighted by Crippen LogP contribution is -2.52. The number of thiol groups is 1. The number of terminal acetylenes is 1. The zero-order chi connectivity index (χ0) is 24.3. The van der Waals surface area contributed by atoms with Crippen molar-refractivity contribution in [3.05, 3.63) is 42.0 Å². The third-order valence-corrected chi connectivity index (χ3v) is 4.71. The number of alkyl carbamates (subject to hydrolysis) is 1. The number of nitrogens with zero attached hydrogens (tertiary/aromatic N) is 1. The second-order valence-electron chi connectivity index (χ2n) is 8.14. The van der Waals surface area contributed by atoms with Gasteiger partial charge in [0.1, 0.15) is 17.7 Å². The first-order valence-electron chi connectivity index (χ1n) is 10.5. The predicted octanol–water partition coefficient (Wildman–Crippen LogP) is 3.53. The van der Waals surface area contributed by atoms with Crippen molar-refractivity contribution in [2.24, 2.45) is 0 Å². The maximum atomic E-state index is 13.3. The molecule has 0 radical (unpaired) electrons. The van der Waals surface area contributed by atoms with Crippen molar-refractivity contribution in [3.63, 3.8) is 0 Å². The van der Waals surface area contributed by atoms with Crippen molar-refractivity contribution in [2.75, 3.05) is 12.3 Å².